The van der Waals surface area contributed by atoms with E-state index in [9.17, 15) is 0 Å². The Morgan fingerprint density at radius 1 is 0.525 bits per heavy atom. The molecule has 0 saturated heterocycles. The predicted octanol–water partition coefficient (Wildman–Crippen LogP) is 8.51. The second kappa shape index (κ2) is 16.4. The summed E-state index contributed by atoms with van der Waals surface area (Å²) in [6.07, 6.45) is 1.57. The van der Waals surface area contributed by atoms with Gasteiger partial charge in [-0.3, -0.25) is 0 Å². The summed E-state index contributed by atoms with van der Waals surface area (Å²) in [6, 6.07) is 30.5. The summed E-state index contributed by atoms with van der Waals surface area (Å²) in [4.78, 5) is 13.7. The molecule has 0 aliphatic heterocycles. The van der Waals surface area contributed by atoms with Crippen molar-refractivity contribution in [2.75, 3.05) is 19.8 Å². The Hall–Kier alpha value is -2.86. The number of ether oxygens (including phenoxy) is 2. The number of benzene rings is 3. The van der Waals surface area contributed by atoms with E-state index in [-0.39, 0.29) is 17.0 Å². The van der Waals surface area contributed by atoms with E-state index in [0.29, 0.717) is 44.1 Å². The molecule has 0 aromatic heterocycles. The minimum Gasteiger partial charge on any atom is -0.488 e. The zero-order valence-electron chi connectivity index (χ0n) is 25.4. The predicted molar refractivity (Wildman–Crippen MR) is 163 cm³/mol. The van der Waals surface area contributed by atoms with E-state index >= 15 is 0 Å². The smallest absolute Gasteiger partial charge is 0.168 e. The molecule has 0 N–H and O–H groups in total. The molecule has 0 heterocycles. The normalized spacial score (nSPS) is 14.7. The van der Waals surface area contributed by atoms with Crippen molar-refractivity contribution >= 4 is 0 Å². The molecule has 3 rings (SSSR count). The minimum atomic E-state index is -0.0986. The standard InChI is InChI=1S/C35H50NO4/c1-28(2)22-34(39-32-18-12-8-13-19-32)26-37-36(24-30(5)6,25-31-16-10-7-11-17-31)38-27-35(23-29(3)4)40-33-20-14-9-15-21-33/h7-21,28-30,34-35H,22-27H2,1-6H3/q+1. The third-order valence-corrected chi connectivity index (χ3v) is 6.46. The summed E-state index contributed by atoms with van der Waals surface area (Å²) in [7, 11) is 0. The topological polar surface area (TPSA) is 36.9 Å². The summed E-state index contributed by atoms with van der Waals surface area (Å²) < 4.78 is 12.8. The molecule has 218 valence electrons. The van der Waals surface area contributed by atoms with Crippen molar-refractivity contribution in [1.29, 1.82) is 0 Å². The van der Waals surface area contributed by atoms with Gasteiger partial charge in [0.1, 0.15) is 43.5 Å². The number of hydrogen-bond donors (Lipinski definition) is 0. The maximum Gasteiger partial charge on any atom is 0.168 e. The number of para-hydroxylation sites is 2. The molecule has 0 saturated carbocycles. The summed E-state index contributed by atoms with van der Waals surface area (Å²) >= 11 is 0. The third-order valence-electron chi connectivity index (χ3n) is 6.46. The lowest BCUT2D eigenvalue weighted by molar-refractivity contribution is -1.26. The Morgan fingerprint density at radius 3 is 1.30 bits per heavy atom. The van der Waals surface area contributed by atoms with Crippen molar-refractivity contribution < 1.29 is 24.0 Å². The molecule has 0 bridgehead atoms. The van der Waals surface area contributed by atoms with Gasteiger partial charge in [0, 0.05) is 11.5 Å². The van der Waals surface area contributed by atoms with Crippen LogP contribution in [0.2, 0.25) is 0 Å². The Morgan fingerprint density at radius 2 is 0.925 bits per heavy atom. The summed E-state index contributed by atoms with van der Waals surface area (Å²) in [5, 5.41) is 0. The van der Waals surface area contributed by atoms with Crippen LogP contribution >= 0.6 is 0 Å². The van der Waals surface area contributed by atoms with Crippen LogP contribution in [0.15, 0.2) is 91.0 Å². The summed E-state index contributed by atoms with van der Waals surface area (Å²) in [5.41, 5.74) is 1.16. The van der Waals surface area contributed by atoms with Crippen LogP contribution in [0.5, 0.6) is 11.5 Å². The Balaban J connectivity index is 1.85. The van der Waals surface area contributed by atoms with Gasteiger partial charge in [-0.1, -0.05) is 108 Å². The minimum absolute atomic E-state index is 0.0567. The Kier molecular flexibility index (Phi) is 13.0. The highest BCUT2D eigenvalue weighted by Gasteiger charge is 2.37. The maximum atomic E-state index is 6.82. The number of rotatable bonds is 18. The van der Waals surface area contributed by atoms with Gasteiger partial charge in [-0.05, 0) is 53.8 Å². The zero-order valence-corrected chi connectivity index (χ0v) is 25.4. The van der Waals surface area contributed by atoms with E-state index in [0.717, 1.165) is 29.9 Å². The van der Waals surface area contributed by atoms with Gasteiger partial charge in [-0.15, -0.1) is 0 Å². The zero-order chi connectivity index (χ0) is 28.8. The van der Waals surface area contributed by atoms with Crippen LogP contribution in [0.25, 0.3) is 0 Å². The van der Waals surface area contributed by atoms with Crippen LogP contribution < -0.4 is 9.47 Å². The lowest BCUT2D eigenvalue weighted by Crippen LogP contribution is -2.52. The average molecular weight is 549 g/mol. The fourth-order valence-electron chi connectivity index (χ4n) is 4.89. The molecule has 5 nitrogen and oxygen atoms in total. The largest absolute Gasteiger partial charge is 0.488 e. The quantitative estimate of drug-likeness (QED) is 0.118. The first-order valence-electron chi connectivity index (χ1n) is 14.9. The van der Waals surface area contributed by atoms with Gasteiger partial charge >= 0.3 is 0 Å². The molecule has 0 spiro atoms. The van der Waals surface area contributed by atoms with Gasteiger partial charge in [-0.2, -0.15) is 9.68 Å². The van der Waals surface area contributed by atoms with Gasteiger partial charge in [0.05, 0.1) is 0 Å². The SMILES string of the molecule is CC(C)CC(CO[N+](Cc1ccccc1)(CC(C)C)OCC(CC(C)C)Oc1ccccc1)Oc1ccccc1. The first-order valence-corrected chi connectivity index (χ1v) is 14.9. The molecule has 0 aliphatic carbocycles. The van der Waals surface area contributed by atoms with Gasteiger partial charge in [0.25, 0.3) is 0 Å². The lowest BCUT2D eigenvalue weighted by atomic mass is 10.1. The van der Waals surface area contributed by atoms with E-state index in [1.807, 2.05) is 66.7 Å². The van der Waals surface area contributed by atoms with Gasteiger partial charge in [0.2, 0.25) is 0 Å². The molecule has 0 fully saturated rings. The molecular weight excluding hydrogens is 498 g/mol. The first kappa shape index (κ1) is 31.7. The molecule has 3 aromatic rings. The molecule has 0 radical (unpaired) electrons. The number of quaternary nitrogens is 1. The van der Waals surface area contributed by atoms with E-state index in [4.69, 9.17) is 19.1 Å². The van der Waals surface area contributed by atoms with Gasteiger partial charge in [0.15, 0.2) is 6.54 Å². The maximum absolute atomic E-state index is 6.82. The molecule has 5 heteroatoms. The fraction of sp³-hybridized carbons (Fsp3) is 0.486. The van der Waals surface area contributed by atoms with E-state index in [2.05, 4.69) is 65.8 Å². The van der Waals surface area contributed by atoms with Crippen molar-refractivity contribution in [1.82, 2.24) is 0 Å². The van der Waals surface area contributed by atoms with Crippen LogP contribution in [0.1, 0.15) is 59.9 Å². The number of hydroxylamine groups is 4. The van der Waals surface area contributed by atoms with E-state index in [1.54, 1.807) is 0 Å². The molecule has 2 unspecified atom stereocenters. The van der Waals surface area contributed by atoms with Crippen LogP contribution in [0, 0.1) is 17.8 Å². The van der Waals surface area contributed by atoms with Crippen LogP contribution in [0.3, 0.4) is 0 Å². The van der Waals surface area contributed by atoms with Crippen molar-refractivity contribution in [2.45, 2.75) is 73.1 Å². The number of hydrogen-bond acceptors (Lipinski definition) is 4. The van der Waals surface area contributed by atoms with Crippen molar-refractivity contribution in [2.24, 2.45) is 17.8 Å². The highest BCUT2D eigenvalue weighted by molar-refractivity contribution is 5.22. The van der Waals surface area contributed by atoms with Crippen molar-refractivity contribution in [3.05, 3.63) is 96.6 Å². The number of nitrogens with zero attached hydrogens (tertiary/aromatic N) is 1. The van der Waals surface area contributed by atoms with Gasteiger partial charge in [-0.25, -0.2) is 0 Å². The molecule has 2 atom stereocenters. The molecule has 0 aliphatic rings. The van der Waals surface area contributed by atoms with Crippen LogP contribution in [-0.2, 0) is 16.2 Å². The monoisotopic (exact) mass is 548 g/mol. The molecule has 0 amide bonds. The molecular formula is C35H50NO4+. The Bertz CT molecular complexity index is 997. The van der Waals surface area contributed by atoms with E-state index in [1.165, 1.54) is 0 Å². The van der Waals surface area contributed by atoms with Crippen molar-refractivity contribution in [3.63, 3.8) is 0 Å². The summed E-state index contributed by atoms with van der Waals surface area (Å²) in [6.45, 7) is 15.4. The fourth-order valence-corrected chi connectivity index (χ4v) is 4.89. The average Bonchev–Trinajstić information content (AvgIpc) is 2.91. The van der Waals surface area contributed by atoms with Crippen LogP contribution in [0.4, 0.5) is 0 Å². The molecule has 40 heavy (non-hydrogen) atoms. The molecule has 3 aromatic carbocycles. The second-order valence-corrected chi connectivity index (χ2v) is 12.0. The van der Waals surface area contributed by atoms with Crippen molar-refractivity contribution in [3.8, 4) is 11.5 Å². The third kappa shape index (κ3) is 11.7. The highest BCUT2D eigenvalue weighted by Crippen LogP contribution is 2.25. The van der Waals surface area contributed by atoms with Gasteiger partial charge < -0.3 is 9.47 Å². The first-order chi connectivity index (χ1) is 19.2. The Labute approximate surface area is 242 Å². The summed E-state index contributed by atoms with van der Waals surface area (Å²) in [5.74, 6) is 3.00. The second-order valence-electron chi connectivity index (χ2n) is 12.0. The van der Waals surface area contributed by atoms with E-state index < -0.39 is 0 Å². The lowest BCUT2D eigenvalue weighted by Gasteiger charge is -2.36. The van der Waals surface area contributed by atoms with Crippen LogP contribution in [-0.4, -0.2) is 36.8 Å². The highest BCUT2D eigenvalue weighted by atomic mass is 17.0.